The lowest BCUT2D eigenvalue weighted by molar-refractivity contribution is 0.102. The van der Waals surface area contributed by atoms with Gasteiger partial charge < -0.3 is 10.1 Å². The van der Waals surface area contributed by atoms with Crippen molar-refractivity contribution in [3.63, 3.8) is 0 Å². The second-order valence-corrected chi connectivity index (χ2v) is 4.95. The summed E-state index contributed by atoms with van der Waals surface area (Å²) in [4.78, 5) is 16.1. The number of benzene rings is 1. The molecule has 0 unspecified atom stereocenters. The summed E-state index contributed by atoms with van der Waals surface area (Å²) in [6, 6.07) is 8.37. The molecule has 0 fully saturated rings. The average molecular weight is 342 g/mol. The van der Waals surface area contributed by atoms with Crippen molar-refractivity contribution in [2.45, 2.75) is 0 Å². The molecule has 2 rings (SSSR count). The summed E-state index contributed by atoms with van der Waals surface area (Å²) >= 11 is 9.16. The summed E-state index contributed by atoms with van der Waals surface area (Å²) in [7, 11) is 1.55. The number of nitrogens with zero attached hydrogens (tertiary/aromatic N) is 1. The fraction of sp³-hybridized carbons (Fsp3) is 0.0769. The Morgan fingerprint density at radius 3 is 2.84 bits per heavy atom. The Hall–Kier alpha value is -1.59. The number of rotatable bonds is 3. The summed E-state index contributed by atoms with van der Waals surface area (Å²) in [5.74, 6) is 0.708. The van der Waals surface area contributed by atoms with E-state index in [0.29, 0.717) is 26.6 Å². The third-order valence-corrected chi connectivity index (χ3v) is 3.31. The minimum Gasteiger partial charge on any atom is -0.497 e. The zero-order valence-corrected chi connectivity index (χ0v) is 12.3. The van der Waals surface area contributed by atoms with Crippen LogP contribution in [-0.2, 0) is 0 Å². The van der Waals surface area contributed by atoms with Gasteiger partial charge in [-0.15, -0.1) is 0 Å². The van der Waals surface area contributed by atoms with Crippen LogP contribution < -0.4 is 10.1 Å². The zero-order valence-electron chi connectivity index (χ0n) is 9.98. The summed E-state index contributed by atoms with van der Waals surface area (Å²) < 4.78 is 5.77. The van der Waals surface area contributed by atoms with Crippen LogP contribution in [-0.4, -0.2) is 18.0 Å². The quantitative estimate of drug-likeness (QED) is 0.925. The van der Waals surface area contributed by atoms with E-state index in [9.17, 15) is 4.79 Å². The van der Waals surface area contributed by atoms with Crippen LogP contribution in [0.4, 0.5) is 5.82 Å². The Morgan fingerprint density at radius 1 is 1.37 bits per heavy atom. The zero-order chi connectivity index (χ0) is 13.8. The number of hydrogen-bond acceptors (Lipinski definition) is 3. The molecule has 0 aliphatic rings. The molecule has 1 amide bonds. The highest BCUT2D eigenvalue weighted by atomic mass is 79.9. The monoisotopic (exact) mass is 340 g/mol. The lowest BCUT2D eigenvalue weighted by Gasteiger charge is -2.08. The molecule has 1 aromatic carbocycles. The summed E-state index contributed by atoms with van der Waals surface area (Å²) in [6.07, 6.45) is 1.53. The Labute approximate surface area is 123 Å². The molecule has 19 heavy (non-hydrogen) atoms. The summed E-state index contributed by atoms with van der Waals surface area (Å²) in [5.41, 5.74) is 0.459. The number of hydrogen-bond donors (Lipinski definition) is 1. The molecular weight excluding hydrogens is 332 g/mol. The van der Waals surface area contributed by atoms with Gasteiger partial charge >= 0.3 is 0 Å². The maximum Gasteiger partial charge on any atom is 0.258 e. The van der Waals surface area contributed by atoms with E-state index in [-0.39, 0.29) is 5.91 Å². The highest BCUT2D eigenvalue weighted by Crippen LogP contribution is 2.23. The Balaban J connectivity index is 2.25. The number of amides is 1. The Morgan fingerprint density at radius 2 is 2.16 bits per heavy atom. The minimum absolute atomic E-state index is 0.291. The maximum atomic E-state index is 12.1. The molecule has 4 nitrogen and oxygen atoms in total. The van der Waals surface area contributed by atoms with Crippen molar-refractivity contribution < 1.29 is 9.53 Å². The minimum atomic E-state index is -0.291. The molecule has 0 saturated heterocycles. The van der Waals surface area contributed by atoms with Crippen LogP contribution in [0.2, 0.25) is 5.02 Å². The van der Waals surface area contributed by atoms with Gasteiger partial charge in [0.1, 0.15) is 11.6 Å². The van der Waals surface area contributed by atoms with Crippen molar-refractivity contribution in [1.29, 1.82) is 0 Å². The molecule has 0 aliphatic carbocycles. The van der Waals surface area contributed by atoms with Crippen molar-refractivity contribution in [3.8, 4) is 5.75 Å². The van der Waals surface area contributed by atoms with Gasteiger partial charge in [0.05, 0.1) is 12.7 Å². The molecule has 0 aliphatic heterocycles. The molecule has 1 heterocycles. The molecule has 2 aromatic rings. The number of carbonyl (C=O) groups excluding carboxylic acids is 1. The highest BCUT2D eigenvalue weighted by Gasteiger charge is 2.12. The Kier molecular flexibility index (Phi) is 4.39. The van der Waals surface area contributed by atoms with E-state index in [1.54, 1.807) is 37.4 Å². The van der Waals surface area contributed by atoms with Gasteiger partial charge in [0.15, 0.2) is 0 Å². The first-order valence-electron chi connectivity index (χ1n) is 5.36. The van der Waals surface area contributed by atoms with Gasteiger partial charge in [-0.1, -0.05) is 11.6 Å². The fourth-order valence-corrected chi connectivity index (χ4v) is 2.05. The van der Waals surface area contributed by atoms with Crippen molar-refractivity contribution in [3.05, 3.63) is 51.6 Å². The third-order valence-electron chi connectivity index (χ3n) is 2.38. The molecule has 0 bridgehead atoms. The van der Waals surface area contributed by atoms with Crippen LogP contribution in [0.25, 0.3) is 0 Å². The van der Waals surface area contributed by atoms with Gasteiger partial charge in [-0.3, -0.25) is 4.79 Å². The second kappa shape index (κ2) is 6.04. The first-order valence-corrected chi connectivity index (χ1v) is 6.53. The molecule has 98 valence electrons. The molecular formula is C13H10BrClN2O2. The van der Waals surface area contributed by atoms with Crippen molar-refractivity contribution in [2.24, 2.45) is 0 Å². The smallest absolute Gasteiger partial charge is 0.258 e. The van der Waals surface area contributed by atoms with Crippen LogP contribution in [0, 0.1) is 0 Å². The molecule has 1 N–H and O–H groups in total. The van der Waals surface area contributed by atoms with E-state index >= 15 is 0 Å². The van der Waals surface area contributed by atoms with Crippen molar-refractivity contribution in [1.82, 2.24) is 4.98 Å². The Bertz CT molecular complexity index is 619. The van der Waals surface area contributed by atoms with Gasteiger partial charge in [-0.2, -0.15) is 0 Å². The third kappa shape index (κ3) is 3.45. The van der Waals surface area contributed by atoms with Crippen LogP contribution in [0.15, 0.2) is 41.0 Å². The van der Waals surface area contributed by atoms with Gasteiger partial charge in [0.25, 0.3) is 5.91 Å². The SMILES string of the molecule is COc1ccc(Br)c(C(=O)Nc2cc(Cl)ccn2)c1. The predicted octanol–water partition coefficient (Wildman–Crippen LogP) is 3.76. The molecule has 0 spiro atoms. The van der Waals surface area contributed by atoms with Crippen molar-refractivity contribution >= 4 is 39.3 Å². The number of pyridine rings is 1. The number of aromatic nitrogens is 1. The van der Waals surface area contributed by atoms with Gasteiger partial charge in [-0.25, -0.2) is 4.98 Å². The first kappa shape index (κ1) is 13.8. The van der Waals surface area contributed by atoms with Gasteiger partial charge in [0, 0.05) is 15.7 Å². The first-order chi connectivity index (χ1) is 9.10. The lowest BCUT2D eigenvalue weighted by atomic mass is 10.2. The van der Waals surface area contributed by atoms with Crippen molar-refractivity contribution in [2.75, 3.05) is 12.4 Å². The van der Waals surface area contributed by atoms with E-state index in [4.69, 9.17) is 16.3 Å². The number of carbonyl (C=O) groups is 1. The standard InChI is InChI=1S/C13H10BrClN2O2/c1-19-9-2-3-11(14)10(7-9)13(18)17-12-6-8(15)4-5-16-12/h2-7H,1H3,(H,16,17,18). The van der Waals surface area contributed by atoms with E-state index < -0.39 is 0 Å². The summed E-state index contributed by atoms with van der Waals surface area (Å²) in [5, 5.41) is 3.18. The predicted molar refractivity (Wildman–Crippen MR) is 77.9 cm³/mol. The number of ether oxygens (including phenoxy) is 1. The van der Waals surface area contributed by atoms with E-state index in [1.807, 2.05) is 0 Å². The summed E-state index contributed by atoms with van der Waals surface area (Å²) in [6.45, 7) is 0. The molecule has 0 saturated carbocycles. The van der Waals surface area contributed by atoms with Gasteiger partial charge in [0.2, 0.25) is 0 Å². The number of methoxy groups -OCH3 is 1. The lowest BCUT2D eigenvalue weighted by Crippen LogP contribution is -2.13. The molecule has 6 heteroatoms. The van der Waals surface area contributed by atoms with Gasteiger partial charge in [-0.05, 0) is 46.3 Å². The van der Waals surface area contributed by atoms with Crippen LogP contribution >= 0.6 is 27.5 Å². The van der Waals surface area contributed by atoms with Crippen LogP contribution in [0.1, 0.15) is 10.4 Å². The van der Waals surface area contributed by atoms with Crippen LogP contribution in [0.5, 0.6) is 5.75 Å². The number of nitrogens with one attached hydrogen (secondary N) is 1. The molecule has 0 atom stereocenters. The normalized spacial score (nSPS) is 10.1. The molecule has 1 aromatic heterocycles. The number of anilines is 1. The fourth-order valence-electron chi connectivity index (χ4n) is 1.46. The number of halogens is 2. The maximum absolute atomic E-state index is 12.1. The van der Waals surface area contributed by atoms with E-state index in [0.717, 1.165) is 0 Å². The van der Waals surface area contributed by atoms with E-state index in [2.05, 4.69) is 26.2 Å². The highest BCUT2D eigenvalue weighted by molar-refractivity contribution is 9.10. The second-order valence-electron chi connectivity index (χ2n) is 3.66. The van der Waals surface area contributed by atoms with Crippen LogP contribution in [0.3, 0.4) is 0 Å². The molecule has 0 radical (unpaired) electrons. The topological polar surface area (TPSA) is 51.2 Å². The van der Waals surface area contributed by atoms with E-state index in [1.165, 1.54) is 6.20 Å². The largest absolute Gasteiger partial charge is 0.497 e. The average Bonchev–Trinajstić information content (AvgIpc) is 2.39.